The molecule has 0 spiro atoms. The minimum atomic E-state index is -0.228. The highest BCUT2D eigenvalue weighted by molar-refractivity contribution is 5.78. The molecule has 0 aliphatic heterocycles. The number of hydrogen-bond acceptors (Lipinski definition) is 2. The van der Waals surface area contributed by atoms with Crippen molar-refractivity contribution in [1.29, 1.82) is 0 Å². The first-order valence-corrected chi connectivity index (χ1v) is 3.92. The third kappa shape index (κ3) is 7.37. The zero-order valence-corrected chi connectivity index (χ0v) is 7.81. The van der Waals surface area contributed by atoms with Crippen LogP contribution >= 0.6 is 0 Å². The zero-order chi connectivity index (χ0) is 8.91. The number of esters is 1. The molecule has 0 aliphatic carbocycles. The molecule has 0 unspecified atom stereocenters. The van der Waals surface area contributed by atoms with Crippen molar-refractivity contribution in [1.82, 2.24) is 0 Å². The average molecular weight is 157 g/mol. The van der Waals surface area contributed by atoms with Gasteiger partial charge in [0, 0.05) is 0 Å². The minimum Gasteiger partial charge on any atom is -0.465 e. The summed E-state index contributed by atoms with van der Waals surface area (Å²) >= 11 is 0. The van der Waals surface area contributed by atoms with Gasteiger partial charge in [0.1, 0.15) is 0 Å². The Bertz CT molecular complexity index is 122. The highest BCUT2D eigenvalue weighted by Crippen LogP contribution is 2.17. The molecule has 0 aromatic heterocycles. The fourth-order valence-corrected chi connectivity index (χ4v) is 0.541. The highest BCUT2D eigenvalue weighted by Gasteiger charge is 2.10. The molecular weight excluding hydrogens is 140 g/mol. The standard InChI is InChI=1S/C9H17O2/c1-5-8(10)11-7-6-9(2,3)4/h5H,6-7H2,1-4H3. The van der Waals surface area contributed by atoms with Crippen LogP contribution in [0.3, 0.4) is 0 Å². The summed E-state index contributed by atoms with van der Waals surface area (Å²) in [6.45, 7) is 8.57. The van der Waals surface area contributed by atoms with Crippen LogP contribution < -0.4 is 0 Å². The Kier molecular flexibility index (Phi) is 4.16. The summed E-state index contributed by atoms with van der Waals surface area (Å²) in [5.74, 6) is -0.228. The summed E-state index contributed by atoms with van der Waals surface area (Å²) < 4.78 is 4.87. The summed E-state index contributed by atoms with van der Waals surface area (Å²) in [5.41, 5.74) is 0.244. The second kappa shape index (κ2) is 4.37. The van der Waals surface area contributed by atoms with Crippen molar-refractivity contribution in [3.63, 3.8) is 0 Å². The molecule has 0 saturated heterocycles. The second-order valence-corrected chi connectivity index (χ2v) is 3.77. The van der Waals surface area contributed by atoms with Crippen LogP contribution in [-0.4, -0.2) is 12.6 Å². The molecule has 0 aromatic carbocycles. The van der Waals surface area contributed by atoms with Crippen molar-refractivity contribution in [2.24, 2.45) is 5.41 Å². The van der Waals surface area contributed by atoms with E-state index in [2.05, 4.69) is 20.8 Å². The van der Waals surface area contributed by atoms with E-state index in [9.17, 15) is 4.79 Å². The third-order valence-electron chi connectivity index (χ3n) is 1.33. The van der Waals surface area contributed by atoms with E-state index in [1.807, 2.05) is 0 Å². The topological polar surface area (TPSA) is 26.3 Å². The van der Waals surface area contributed by atoms with E-state index in [1.165, 1.54) is 6.42 Å². The lowest BCUT2D eigenvalue weighted by Crippen LogP contribution is -2.12. The molecule has 2 nitrogen and oxygen atoms in total. The monoisotopic (exact) mass is 157 g/mol. The van der Waals surface area contributed by atoms with Gasteiger partial charge >= 0.3 is 5.97 Å². The van der Waals surface area contributed by atoms with Crippen LogP contribution in [0.15, 0.2) is 0 Å². The number of carbonyl (C=O) groups excluding carboxylic acids is 1. The smallest absolute Gasteiger partial charge is 0.309 e. The largest absolute Gasteiger partial charge is 0.465 e. The minimum absolute atomic E-state index is 0.228. The molecule has 0 bridgehead atoms. The average Bonchev–Trinajstić information content (AvgIpc) is 1.85. The molecule has 2 heteroatoms. The van der Waals surface area contributed by atoms with Gasteiger partial charge in [0.05, 0.1) is 13.0 Å². The first kappa shape index (κ1) is 10.5. The van der Waals surface area contributed by atoms with Gasteiger partial charge in [-0.1, -0.05) is 27.7 Å². The molecule has 11 heavy (non-hydrogen) atoms. The van der Waals surface area contributed by atoms with Gasteiger partial charge in [-0.05, 0) is 11.8 Å². The van der Waals surface area contributed by atoms with E-state index < -0.39 is 0 Å². The molecule has 0 aromatic rings. The lowest BCUT2D eigenvalue weighted by atomic mass is 9.93. The van der Waals surface area contributed by atoms with Crippen molar-refractivity contribution >= 4 is 5.97 Å². The van der Waals surface area contributed by atoms with Crippen molar-refractivity contribution in [3.05, 3.63) is 6.42 Å². The summed E-state index contributed by atoms with van der Waals surface area (Å²) in [6.07, 6.45) is 2.34. The summed E-state index contributed by atoms with van der Waals surface area (Å²) in [7, 11) is 0. The predicted molar refractivity (Wildman–Crippen MR) is 45.0 cm³/mol. The Hall–Kier alpha value is -0.530. The van der Waals surface area contributed by atoms with Crippen LogP contribution in [0.5, 0.6) is 0 Å². The fraction of sp³-hybridized carbons (Fsp3) is 0.778. The van der Waals surface area contributed by atoms with Gasteiger partial charge < -0.3 is 4.74 Å². The predicted octanol–water partition coefficient (Wildman–Crippen LogP) is 2.19. The van der Waals surface area contributed by atoms with E-state index in [0.717, 1.165) is 6.42 Å². The molecule has 65 valence electrons. The quantitative estimate of drug-likeness (QED) is 0.587. The van der Waals surface area contributed by atoms with Crippen LogP contribution in [0.1, 0.15) is 34.1 Å². The van der Waals surface area contributed by atoms with Crippen LogP contribution in [0.4, 0.5) is 0 Å². The van der Waals surface area contributed by atoms with Gasteiger partial charge in [-0.3, -0.25) is 4.79 Å². The molecule has 0 rings (SSSR count). The number of carbonyl (C=O) groups is 1. The summed E-state index contributed by atoms with van der Waals surface area (Å²) in [6, 6.07) is 0. The van der Waals surface area contributed by atoms with E-state index in [0.29, 0.717) is 6.61 Å². The van der Waals surface area contributed by atoms with Gasteiger partial charge in [0.15, 0.2) is 0 Å². The molecule has 0 aliphatic rings. The molecule has 1 radical (unpaired) electrons. The Balaban J connectivity index is 3.35. The maximum atomic E-state index is 10.6. The fourth-order valence-electron chi connectivity index (χ4n) is 0.541. The number of hydrogen-bond donors (Lipinski definition) is 0. The first-order chi connectivity index (χ1) is 4.95. The summed E-state index contributed by atoms with van der Waals surface area (Å²) in [4.78, 5) is 10.6. The van der Waals surface area contributed by atoms with E-state index >= 15 is 0 Å². The van der Waals surface area contributed by atoms with Crippen molar-refractivity contribution < 1.29 is 9.53 Å². The van der Waals surface area contributed by atoms with E-state index in [-0.39, 0.29) is 11.4 Å². The van der Waals surface area contributed by atoms with Crippen molar-refractivity contribution in [2.75, 3.05) is 6.61 Å². The van der Waals surface area contributed by atoms with Crippen molar-refractivity contribution in [2.45, 2.75) is 34.1 Å². The Morgan fingerprint density at radius 1 is 1.45 bits per heavy atom. The van der Waals surface area contributed by atoms with Gasteiger partial charge in [0.2, 0.25) is 0 Å². The Labute approximate surface area is 68.9 Å². The van der Waals surface area contributed by atoms with Crippen molar-refractivity contribution in [3.8, 4) is 0 Å². The van der Waals surface area contributed by atoms with Crippen LogP contribution in [0, 0.1) is 11.8 Å². The lowest BCUT2D eigenvalue weighted by molar-refractivity contribution is -0.139. The highest BCUT2D eigenvalue weighted by atomic mass is 16.5. The van der Waals surface area contributed by atoms with E-state index in [1.54, 1.807) is 6.92 Å². The van der Waals surface area contributed by atoms with Crippen LogP contribution in [-0.2, 0) is 9.53 Å². The maximum Gasteiger partial charge on any atom is 0.309 e. The zero-order valence-electron chi connectivity index (χ0n) is 7.81. The molecule has 0 amide bonds. The Morgan fingerprint density at radius 3 is 2.36 bits per heavy atom. The Morgan fingerprint density at radius 2 is 2.00 bits per heavy atom. The molecular formula is C9H17O2. The van der Waals surface area contributed by atoms with Gasteiger partial charge in [-0.25, -0.2) is 0 Å². The lowest BCUT2D eigenvalue weighted by Gasteiger charge is -2.17. The normalized spacial score (nSPS) is 11.3. The molecule has 0 N–H and O–H groups in total. The molecule has 0 heterocycles. The van der Waals surface area contributed by atoms with Gasteiger partial charge in [0.25, 0.3) is 0 Å². The number of rotatable bonds is 3. The number of ether oxygens (including phenoxy) is 1. The van der Waals surface area contributed by atoms with Gasteiger partial charge in [-0.2, -0.15) is 0 Å². The van der Waals surface area contributed by atoms with Gasteiger partial charge in [-0.15, -0.1) is 0 Å². The first-order valence-electron chi connectivity index (χ1n) is 3.92. The maximum absolute atomic E-state index is 10.6. The molecule has 0 saturated carbocycles. The molecule has 0 atom stereocenters. The molecule has 0 fully saturated rings. The van der Waals surface area contributed by atoms with E-state index in [4.69, 9.17) is 4.74 Å². The SMILES string of the molecule is C[CH]C(=O)OCCC(C)(C)C. The second-order valence-electron chi connectivity index (χ2n) is 3.77. The summed E-state index contributed by atoms with van der Waals surface area (Å²) in [5, 5.41) is 0. The van der Waals surface area contributed by atoms with Crippen LogP contribution in [0.2, 0.25) is 0 Å². The third-order valence-corrected chi connectivity index (χ3v) is 1.33. The van der Waals surface area contributed by atoms with Crippen LogP contribution in [0.25, 0.3) is 0 Å².